The summed E-state index contributed by atoms with van der Waals surface area (Å²) in [6.45, 7) is 5.44. The number of benzene rings is 1. The lowest BCUT2D eigenvalue weighted by molar-refractivity contribution is 0.301. The fourth-order valence-electron chi connectivity index (χ4n) is 2.00. The van der Waals surface area contributed by atoms with Gasteiger partial charge in [-0.05, 0) is 37.1 Å². The van der Waals surface area contributed by atoms with Crippen molar-refractivity contribution in [1.29, 1.82) is 0 Å². The van der Waals surface area contributed by atoms with Crippen LogP contribution in [0.15, 0.2) is 18.2 Å². The Morgan fingerprint density at radius 1 is 1.39 bits per heavy atom. The molecule has 3 nitrogen and oxygen atoms in total. The molecule has 0 spiro atoms. The summed E-state index contributed by atoms with van der Waals surface area (Å²) < 4.78 is 13.3. The third kappa shape index (κ3) is 3.96. The van der Waals surface area contributed by atoms with Crippen molar-refractivity contribution in [2.45, 2.75) is 32.7 Å². The molecule has 1 aromatic rings. The van der Waals surface area contributed by atoms with Crippen LogP contribution in [0, 0.1) is 5.82 Å². The highest BCUT2D eigenvalue weighted by molar-refractivity contribution is 5.55. The van der Waals surface area contributed by atoms with Gasteiger partial charge in [-0.1, -0.05) is 13.3 Å². The van der Waals surface area contributed by atoms with Gasteiger partial charge in [-0.2, -0.15) is 0 Å². The van der Waals surface area contributed by atoms with E-state index < -0.39 is 0 Å². The zero-order chi connectivity index (χ0) is 13.5. The van der Waals surface area contributed by atoms with Crippen LogP contribution in [0.5, 0.6) is 0 Å². The van der Waals surface area contributed by atoms with Crippen molar-refractivity contribution in [2.24, 2.45) is 5.73 Å². The molecule has 0 aliphatic heterocycles. The first-order valence-electron chi connectivity index (χ1n) is 6.51. The highest BCUT2D eigenvalue weighted by Crippen LogP contribution is 2.26. The number of hydrogen-bond acceptors (Lipinski definition) is 3. The van der Waals surface area contributed by atoms with E-state index in [2.05, 4.69) is 11.8 Å². The summed E-state index contributed by atoms with van der Waals surface area (Å²) in [6.07, 6.45) is 2.12. The lowest BCUT2D eigenvalue weighted by Crippen LogP contribution is -2.29. The quantitative estimate of drug-likeness (QED) is 0.785. The Bertz CT molecular complexity index is 369. The summed E-state index contributed by atoms with van der Waals surface area (Å²) in [6, 6.07) is 4.45. The molecule has 1 atom stereocenters. The van der Waals surface area contributed by atoms with Crippen molar-refractivity contribution >= 4 is 5.69 Å². The number of aliphatic hydroxyl groups excluding tert-OH is 1. The Morgan fingerprint density at radius 2 is 2.11 bits per heavy atom. The van der Waals surface area contributed by atoms with Crippen molar-refractivity contribution in [3.05, 3.63) is 29.6 Å². The number of halogens is 1. The minimum absolute atomic E-state index is 0.0828. The van der Waals surface area contributed by atoms with Gasteiger partial charge >= 0.3 is 0 Å². The molecule has 0 bridgehead atoms. The highest BCUT2D eigenvalue weighted by Gasteiger charge is 2.14. The Labute approximate surface area is 108 Å². The number of nitrogens with zero attached hydrogens (tertiary/aromatic N) is 1. The van der Waals surface area contributed by atoms with Gasteiger partial charge in [0, 0.05) is 24.8 Å². The van der Waals surface area contributed by atoms with E-state index in [-0.39, 0.29) is 18.5 Å². The van der Waals surface area contributed by atoms with Crippen LogP contribution >= 0.6 is 0 Å². The van der Waals surface area contributed by atoms with Crippen LogP contribution in [-0.2, 0) is 0 Å². The molecule has 0 aliphatic rings. The van der Waals surface area contributed by atoms with E-state index in [1.165, 1.54) is 12.1 Å². The average Bonchev–Trinajstić information content (AvgIpc) is 2.34. The van der Waals surface area contributed by atoms with Gasteiger partial charge in [0.2, 0.25) is 0 Å². The van der Waals surface area contributed by atoms with Crippen LogP contribution in [0.3, 0.4) is 0 Å². The first-order valence-corrected chi connectivity index (χ1v) is 6.51. The van der Waals surface area contributed by atoms with Crippen LogP contribution in [0.1, 0.15) is 38.3 Å². The van der Waals surface area contributed by atoms with Crippen molar-refractivity contribution in [2.75, 3.05) is 24.6 Å². The van der Waals surface area contributed by atoms with Gasteiger partial charge in [0.1, 0.15) is 5.82 Å². The second-order valence-electron chi connectivity index (χ2n) is 4.56. The van der Waals surface area contributed by atoms with Crippen molar-refractivity contribution in [3.63, 3.8) is 0 Å². The number of rotatable bonds is 7. The van der Waals surface area contributed by atoms with Crippen molar-refractivity contribution in [1.82, 2.24) is 0 Å². The largest absolute Gasteiger partial charge is 0.395 e. The maximum Gasteiger partial charge on any atom is 0.123 e. The van der Waals surface area contributed by atoms with Gasteiger partial charge in [0.05, 0.1) is 6.61 Å². The molecular formula is C14H23FN2O. The highest BCUT2D eigenvalue weighted by atomic mass is 19.1. The van der Waals surface area contributed by atoms with E-state index in [0.717, 1.165) is 30.6 Å². The predicted octanol–water partition coefficient (Wildman–Crippen LogP) is 2.44. The lowest BCUT2D eigenvalue weighted by Gasteiger charge is -2.27. The van der Waals surface area contributed by atoms with E-state index >= 15 is 0 Å². The van der Waals surface area contributed by atoms with Gasteiger partial charge in [-0.3, -0.25) is 0 Å². The van der Waals surface area contributed by atoms with Gasteiger partial charge in [0.15, 0.2) is 0 Å². The molecule has 0 heterocycles. The normalized spacial score (nSPS) is 12.5. The molecule has 1 aromatic carbocycles. The molecule has 0 aliphatic carbocycles. The zero-order valence-electron chi connectivity index (χ0n) is 11.2. The standard InChI is InChI=1S/C14H23FN2O/c1-3-4-7-17(8-9-18)14-6-5-12(15)10-13(14)11(2)16/h5-6,10-11,18H,3-4,7-9,16H2,1-2H3/t11-/m1/s1. The molecule has 1 rings (SSSR count). The smallest absolute Gasteiger partial charge is 0.123 e. The lowest BCUT2D eigenvalue weighted by atomic mass is 10.1. The summed E-state index contributed by atoms with van der Waals surface area (Å²) in [7, 11) is 0. The topological polar surface area (TPSA) is 49.5 Å². The molecule has 18 heavy (non-hydrogen) atoms. The van der Waals surface area contributed by atoms with Crippen molar-refractivity contribution < 1.29 is 9.50 Å². The Hall–Kier alpha value is -1.13. The maximum absolute atomic E-state index is 13.3. The van der Waals surface area contributed by atoms with Crippen LogP contribution in [0.25, 0.3) is 0 Å². The van der Waals surface area contributed by atoms with E-state index in [1.54, 1.807) is 6.07 Å². The van der Waals surface area contributed by atoms with Gasteiger partial charge in [-0.25, -0.2) is 4.39 Å². The summed E-state index contributed by atoms with van der Waals surface area (Å²) in [5.41, 5.74) is 7.61. The SMILES string of the molecule is CCCCN(CCO)c1ccc(F)cc1[C@@H](C)N. The van der Waals surface area contributed by atoms with E-state index in [4.69, 9.17) is 10.8 Å². The number of unbranched alkanes of at least 4 members (excludes halogenated alkanes) is 1. The minimum Gasteiger partial charge on any atom is -0.395 e. The molecule has 0 aromatic heterocycles. The van der Waals surface area contributed by atoms with Gasteiger partial charge in [-0.15, -0.1) is 0 Å². The second kappa shape index (κ2) is 7.34. The summed E-state index contributed by atoms with van der Waals surface area (Å²) in [4.78, 5) is 2.07. The van der Waals surface area contributed by atoms with Crippen LogP contribution < -0.4 is 10.6 Å². The average molecular weight is 254 g/mol. The zero-order valence-corrected chi connectivity index (χ0v) is 11.2. The molecule has 102 valence electrons. The molecule has 0 amide bonds. The molecule has 0 saturated heterocycles. The van der Waals surface area contributed by atoms with Crippen LogP contribution in [-0.4, -0.2) is 24.8 Å². The molecular weight excluding hydrogens is 231 g/mol. The fourth-order valence-corrected chi connectivity index (χ4v) is 2.00. The maximum atomic E-state index is 13.3. The Morgan fingerprint density at radius 3 is 2.67 bits per heavy atom. The molecule has 3 N–H and O–H groups in total. The summed E-state index contributed by atoms with van der Waals surface area (Å²) in [5.74, 6) is -0.273. The fraction of sp³-hybridized carbons (Fsp3) is 0.571. The Kier molecular flexibility index (Phi) is 6.09. The van der Waals surface area contributed by atoms with E-state index in [1.807, 2.05) is 6.92 Å². The molecule has 0 saturated carbocycles. The third-order valence-electron chi connectivity index (χ3n) is 2.97. The van der Waals surface area contributed by atoms with E-state index in [0.29, 0.717) is 6.54 Å². The monoisotopic (exact) mass is 254 g/mol. The molecule has 0 radical (unpaired) electrons. The molecule has 0 fully saturated rings. The number of aliphatic hydroxyl groups is 1. The number of nitrogens with two attached hydrogens (primary N) is 1. The second-order valence-corrected chi connectivity index (χ2v) is 4.56. The summed E-state index contributed by atoms with van der Waals surface area (Å²) >= 11 is 0. The van der Waals surface area contributed by atoms with Crippen LogP contribution in [0.4, 0.5) is 10.1 Å². The molecule has 4 heteroatoms. The number of hydrogen-bond donors (Lipinski definition) is 2. The number of anilines is 1. The van der Waals surface area contributed by atoms with Crippen molar-refractivity contribution in [3.8, 4) is 0 Å². The summed E-state index contributed by atoms with van der Waals surface area (Å²) in [5, 5.41) is 9.13. The first kappa shape index (κ1) is 14.9. The van der Waals surface area contributed by atoms with Gasteiger partial charge in [0.25, 0.3) is 0 Å². The van der Waals surface area contributed by atoms with Gasteiger partial charge < -0.3 is 15.7 Å². The minimum atomic E-state index is -0.273. The molecule has 0 unspecified atom stereocenters. The first-order chi connectivity index (χ1) is 8.60. The van der Waals surface area contributed by atoms with Crippen LogP contribution in [0.2, 0.25) is 0 Å². The van der Waals surface area contributed by atoms with E-state index in [9.17, 15) is 4.39 Å². The predicted molar refractivity (Wildman–Crippen MR) is 73.2 cm³/mol. The third-order valence-corrected chi connectivity index (χ3v) is 2.97. The Balaban J connectivity index is 3.01.